The number of halogens is 1. The second-order valence-corrected chi connectivity index (χ2v) is 5.44. The lowest BCUT2D eigenvalue weighted by Crippen LogP contribution is -3.00. The minimum absolute atomic E-state index is 0. The molecule has 13 heavy (non-hydrogen) atoms. The van der Waals surface area contributed by atoms with Crippen molar-refractivity contribution in [2.24, 2.45) is 5.92 Å². The molecule has 80 valence electrons. The van der Waals surface area contributed by atoms with Crippen molar-refractivity contribution in [3.8, 4) is 0 Å². The fraction of sp³-hybridized carbons (Fsp3) is 0.889. The van der Waals surface area contributed by atoms with Crippen molar-refractivity contribution < 1.29 is 33.3 Å². The number of hydrogen-bond acceptors (Lipinski definition) is 2. The zero-order chi connectivity index (χ0) is 9.78. The van der Waals surface area contributed by atoms with Gasteiger partial charge in [0.2, 0.25) is 0 Å². The zero-order valence-electron chi connectivity index (χ0n) is 9.13. The van der Waals surface area contributed by atoms with Crippen LogP contribution in [0.1, 0.15) is 13.8 Å². The number of hydrogen-bond donors (Lipinski definition) is 0. The van der Waals surface area contributed by atoms with Gasteiger partial charge in [-0.1, -0.05) is 25.6 Å². The van der Waals surface area contributed by atoms with Crippen LogP contribution in [0.4, 0.5) is 0 Å². The molecule has 0 fully saturated rings. The number of rotatable bonds is 4. The predicted molar refractivity (Wildman–Crippen MR) is 55.2 cm³/mol. The number of quaternary nitrogens is 1. The largest absolute Gasteiger partial charge is 1.00 e. The Balaban J connectivity index is 0. The molecule has 0 aromatic carbocycles. The fourth-order valence-corrected chi connectivity index (χ4v) is 1.76. The Labute approximate surface area is 103 Å². The maximum atomic E-state index is 11.2. The third-order valence-electron chi connectivity index (χ3n) is 1.48. The Kier molecular flexibility index (Phi) is 8.77. The van der Waals surface area contributed by atoms with E-state index in [1.807, 2.05) is 13.8 Å². The highest BCUT2D eigenvalue weighted by atomic mass is 127. The van der Waals surface area contributed by atoms with Gasteiger partial charge in [0.25, 0.3) is 0 Å². The molecule has 0 aromatic rings. The van der Waals surface area contributed by atoms with Gasteiger partial charge < -0.3 is 28.5 Å². The summed E-state index contributed by atoms with van der Waals surface area (Å²) in [6.07, 6.45) is 0. The van der Waals surface area contributed by atoms with E-state index < -0.39 is 0 Å². The highest BCUT2D eigenvalue weighted by Gasteiger charge is 2.11. The topological polar surface area (TPSA) is 17.1 Å². The van der Waals surface area contributed by atoms with Crippen molar-refractivity contribution in [2.45, 2.75) is 13.8 Å². The summed E-state index contributed by atoms with van der Waals surface area (Å²) >= 11 is 1.46. The summed E-state index contributed by atoms with van der Waals surface area (Å²) in [4.78, 5) is 11.2. The lowest BCUT2D eigenvalue weighted by atomic mass is 10.3. The summed E-state index contributed by atoms with van der Waals surface area (Å²) in [6.45, 7) is 4.94. The highest BCUT2D eigenvalue weighted by molar-refractivity contribution is 8.13. The summed E-state index contributed by atoms with van der Waals surface area (Å²) in [5, 5.41) is 0.309. The van der Waals surface area contributed by atoms with Gasteiger partial charge in [0, 0.05) is 5.92 Å². The lowest BCUT2D eigenvalue weighted by molar-refractivity contribution is -0.867. The third kappa shape index (κ3) is 10.6. The second-order valence-electron chi connectivity index (χ2n) is 4.34. The molecular formula is C9H20INOS. The van der Waals surface area contributed by atoms with Crippen molar-refractivity contribution in [3.05, 3.63) is 0 Å². The van der Waals surface area contributed by atoms with Gasteiger partial charge in [-0.05, 0) is 0 Å². The Morgan fingerprint density at radius 2 is 1.77 bits per heavy atom. The van der Waals surface area contributed by atoms with E-state index >= 15 is 0 Å². The first-order chi connectivity index (χ1) is 5.33. The number of nitrogens with zero attached hydrogens (tertiary/aromatic N) is 1. The van der Waals surface area contributed by atoms with E-state index in [1.54, 1.807) is 0 Å². The van der Waals surface area contributed by atoms with E-state index in [0.29, 0.717) is 5.12 Å². The zero-order valence-corrected chi connectivity index (χ0v) is 12.1. The fourth-order valence-electron chi connectivity index (χ4n) is 0.587. The first-order valence-electron chi connectivity index (χ1n) is 4.30. The molecule has 0 aromatic heterocycles. The number of carbonyl (C=O) groups excluding carboxylic acids is 1. The Hall–Kier alpha value is 0.710. The summed E-state index contributed by atoms with van der Waals surface area (Å²) in [5.41, 5.74) is 0. The van der Waals surface area contributed by atoms with Crippen molar-refractivity contribution in [1.82, 2.24) is 0 Å². The van der Waals surface area contributed by atoms with Crippen molar-refractivity contribution in [3.63, 3.8) is 0 Å². The number of carbonyl (C=O) groups is 1. The first kappa shape index (κ1) is 16.2. The Morgan fingerprint density at radius 3 is 2.08 bits per heavy atom. The maximum absolute atomic E-state index is 11.2. The molecule has 4 heteroatoms. The summed E-state index contributed by atoms with van der Waals surface area (Å²) in [6, 6.07) is 0. The van der Waals surface area contributed by atoms with Gasteiger partial charge in [0.1, 0.15) is 0 Å². The molecule has 0 amide bonds. The molecule has 0 aliphatic heterocycles. The minimum Gasteiger partial charge on any atom is -1.00 e. The SMILES string of the molecule is CC(C)C(=O)SCC[N+](C)(C)C.[I-]. The van der Waals surface area contributed by atoms with Crippen molar-refractivity contribution in [2.75, 3.05) is 33.4 Å². The van der Waals surface area contributed by atoms with E-state index in [4.69, 9.17) is 0 Å². The standard InChI is InChI=1S/C9H20NOS.HI/c1-8(2)9(11)12-7-6-10(3,4)5;/h8H,6-7H2,1-5H3;1H/q+1;/p-1. The van der Waals surface area contributed by atoms with E-state index in [1.165, 1.54) is 11.8 Å². The van der Waals surface area contributed by atoms with E-state index in [0.717, 1.165) is 16.8 Å². The van der Waals surface area contributed by atoms with Gasteiger partial charge >= 0.3 is 0 Å². The quantitative estimate of drug-likeness (QED) is 0.469. The molecule has 2 nitrogen and oxygen atoms in total. The van der Waals surface area contributed by atoms with Gasteiger partial charge in [-0.25, -0.2) is 0 Å². The Bertz CT molecular complexity index is 154. The molecule has 0 N–H and O–H groups in total. The lowest BCUT2D eigenvalue weighted by Gasteiger charge is -2.23. The Morgan fingerprint density at radius 1 is 1.31 bits per heavy atom. The summed E-state index contributed by atoms with van der Waals surface area (Å²) in [5.74, 6) is 1.10. The third-order valence-corrected chi connectivity index (χ3v) is 2.62. The summed E-state index contributed by atoms with van der Waals surface area (Å²) < 4.78 is 0.929. The minimum atomic E-state index is 0. The molecule has 0 atom stereocenters. The molecule has 0 heterocycles. The maximum Gasteiger partial charge on any atom is 0.191 e. The first-order valence-corrected chi connectivity index (χ1v) is 5.28. The van der Waals surface area contributed by atoms with Gasteiger partial charge in [-0.15, -0.1) is 0 Å². The van der Waals surface area contributed by atoms with Crippen LogP contribution in [-0.2, 0) is 4.79 Å². The summed E-state index contributed by atoms with van der Waals surface area (Å²) in [7, 11) is 6.42. The van der Waals surface area contributed by atoms with Gasteiger partial charge in [-0.3, -0.25) is 4.79 Å². The smallest absolute Gasteiger partial charge is 0.191 e. The molecule has 0 saturated heterocycles. The van der Waals surface area contributed by atoms with E-state index in [-0.39, 0.29) is 29.9 Å². The normalized spacial score (nSPS) is 11.2. The van der Waals surface area contributed by atoms with Crippen LogP contribution in [0.15, 0.2) is 0 Å². The monoisotopic (exact) mass is 317 g/mol. The van der Waals surface area contributed by atoms with Crippen LogP contribution in [-0.4, -0.2) is 43.0 Å². The molecule has 0 radical (unpaired) electrons. The van der Waals surface area contributed by atoms with E-state index in [2.05, 4.69) is 21.1 Å². The van der Waals surface area contributed by atoms with Crippen molar-refractivity contribution in [1.29, 1.82) is 0 Å². The van der Waals surface area contributed by atoms with Crippen LogP contribution in [0, 0.1) is 5.92 Å². The molecule has 0 unspecified atom stereocenters. The molecule has 0 saturated carbocycles. The van der Waals surface area contributed by atoms with E-state index in [9.17, 15) is 4.79 Å². The molecule has 0 aliphatic rings. The highest BCUT2D eigenvalue weighted by Crippen LogP contribution is 2.10. The molecule has 0 rings (SSSR count). The van der Waals surface area contributed by atoms with Crippen molar-refractivity contribution >= 4 is 16.9 Å². The average Bonchev–Trinajstić information content (AvgIpc) is 1.84. The van der Waals surface area contributed by atoms with Crippen LogP contribution in [0.3, 0.4) is 0 Å². The molecular weight excluding hydrogens is 297 g/mol. The molecule has 0 bridgehead atoms. The van der Waals surface area contributed by atoms with Crippen LogP contribution in [0.5, 0.6) is 0 Å². The van der Waals surface area contributed by atoms with Gasteiger partial charge in [0.15, 0.2) is 5.12 Å². The van der Waals surface area contributed by atoms with Crippen LogP contribution in [0.25, 0.3) is 0 Å². The predicted octanol–water partition coefficient (Wildman–Crippen LogP) is -1.39. The van der Waals surface area contributed by atoms with Gasteiger partial charge in [0.05, 0.1) is 33.4 Å². The molecule has 0 aliphatic carbocycles. The molecule has 0 spiro atoms. The van der Waals surface area contributed by atoms with Gasteiger partial charge in [-0.2, -0.15) is 0 Å². The van der Waals surface area contributed by atoms with Crippen LogP contribution < -0.4 is 24.0 Å². The second kappa shape index (κ2) is 7.06. The van der Waals surface area contributed by atoms with Crippen LogP contribution in [0.2, 0.25) is 0 Å². The number of thioether (sulfide) groups is 1. The van der Waals surface area contributed by atoms with Crippen LogP contribution >= 0.6 is 11.8 Å². The average molecular weight is 317 g/mol.